The van der Waals surface area contributed by atoms with Crippen LogP contribution in [0.15, 0.2) is 54.6 Å². The van der Waals surface area contributed by atoms with Gasteiger partial charge in [0.1, 0.15) is 11.1 Å². The summed E-state index contributed by atoms with van der Waals surface area (Å²) in [5, 5.41) is -0.467. The van der Waals surface area contributed by atoms with Crippen molar-refractivity contribution in [3.63, 3.8) is 0 Å². The second-order valence-electron chi connectivity index (χ2n) is 5.07. The highest BCUT2D eigenvalue weighted by Gasteiger charge is 2.46. The van der Waals surface area contributed by atoms with E-state index in [0.717, 1.165) is 16.9 Å². The molecule has 0 radical (unpaired) electrons. The van der Waals surface area contributed by atoms with Gasteiger partial charge in [-0.3, -0.25) is 4.79 Å². The van der Waals surface area contributed by atoms with E-state index in [1.807, 2.05) is 59.5 Å². The van der Waals surface area contributed by atoms with E-state index in [9.17, 15) is 4.79 Å². The molecule has 1 heterocycles. The normalized spacial score (nSPS) is 21.0. The van der Waals surface area contributed by atoms with Gasteiger partial charge in [-0.1, -0.05) is 42.5 Å². The van der Waals surface area contributed by atoms with Gasteiger partial charge in [0, 0.05) is 6.54 Å². The fraction of sp³-hybridized carbons (Fsp3) is 0.235. The van der Waals surface area contributed by atoms with Crippen molar-refractivity contribution in [1.82, 2.24) is 4.90 Å². The summed E-state index contributed by atoms with van der Waals surface area (Å²) in [6.45, 7) is 0.561. The van der Waals surface area contributed by atoms with E-state index in [1.54, 1.807) is 7.11 Å². The zero-order valence-electron chi connectivity index (χ0n) is 11.7. The number of ether oxygens (including phenoxy) is 1. The molecule has 4 heteroatoms. The molecule has 3 nitrogen and oxygen atoms in total. The minimum atomic E-state index is -0.467. The molecule has 0 aromatic heterocycles. The van der Waals surface area contributed by atoms with Crippen LogP contribution in [0.4, 0.5) is 0 Å². The number of hydrogen-bond donors (Lipinski definition) is 0. The quantitative estimate of drug-likeness (QED) is 0.640. The summed E-state index contributed by atoms with van der Waals surface area (Å²) in [7, 11) is 1.64. The fourth-order valence-corrected chi connectivity index (χ4v) is 3.02. The van der Waals surface area contributed by atoms with Crippen molar-refractivity contribution >= 4 is 17.5 Å². The van der Waals surface area contributed by atoms with E-state index < -0.39 is 5.38 Å². The molecule has 1 fully saturated rings. The van der Waals surface area contributed by atoms with Gasteiger partial charge in [-0.25, -0.2) is 0 Å². The molecule has 108 valence electrons. The van der Waals surface area contributed by atoms with Gasteiger partial charge in [-0.15, -0.1) is 11.6 Å². The molecular weight excluding hydrogens is 286 g/mol. The van der Waals surface area contributed by atoms with Gasteiger partial charge in [0.15, 0.2) is 0 Å². The Bertz CT molecular complexity index is 627. The van der Waals surface area contributed by atoms with Gasteiger partial charge in [0.25, 0.3) is 0 Å². The second kappa shape index (κ2) is 5.78. The predicted octanol–water partition coefficient (Wildman–Crippen LogP) is 3.39. The summed E-state index contributed by atoms with van der Waals surface area (Å²) in [6, 6.07) is 17.6. The van der Waals surface area contributed by atoms with Crippen LogP contribution in [-0.4, -0.2) is 23.3 Å². The van der Waals surface area contributed by atoms with Crippen LogP contribution in [0.2, 0.25) is 0 Å². The summed E-state index contributed by atoms with van der Waals surface area (Å²) in [5.41, 5.74) is 2.14. The highest BCUT2D eigenvalue weighted by atomic mass is 35.5. The third kappa shape index (κ3) is 2.61. The van der Waals surface area contributed by atoms with E-state index in [1.165, 1.54) is 0 Å². The molecule has 2 aromatic rings. The molecule has 0 saturated carbocycles. The molecule has 21 heavy (non-hydrogen) atoms. The number of hydrogen-bond acceptors (Lipinski definition) is 2. The van der Waals surface area contributed by atoms with Gasteiger partial charge in [0.2, 0.25) is 5.91 Å². The second-order valence-corrected chi connectivity index (χ2v) is 5.54. The van der Waals surface area contributed by atoms with Crippen LogP contribution < -0.4 is 4.74 Å². The summed E-state index contributed by atoms with van der Waals surface area (Å²) in [4.78, 5) is 13.9. The molecule has 0 bridgehead atoms. The molecule has 1 saturated heterocycles. The van der Waals surface area contributed by atoms with Crippen LogP contribution in [0.3, 0.4) is 0 Å². The number of benzene rings is 2. The lowest BCUT2D eigenvalue weighted by Crippen LogP contribution is -2.55. The first kappa shape index (κ1) is 14.0. The first-order chi connectivity index (χ1) is 10.2. The van der Waals surface area contributed by atoms with Gasteiger partial charge in [0.05, 0.1) is 13.2 Å². The Morgan fingerprint density at radius 1 is 1.10 bits per heavy atom. The maximum Gasteiger partial charge on any atom is 0.244 e. The number of halogens is 1. The molecule has 3 rings (SSSR count). The molecule has 0 N–H and O–H groups in total. The minimum Gasteiger partial charge on any atom is -0.497 e. The van der Waals surface area contributed by atoms with Crippen LogP contribution >= 0.6 is 11.6 Å². The maximum absolute atomic E-state index is 12.0. The summed E-state index contributed by atoms with van der Waals surface area (Å²) in [6.07, 6.45) is 0. The molecule has 1 aliphatic rings. The van der Waals surface area contributed by atoms with Crippen LogP contribution in [-0.2, 0) is 11.3 Å². The molecule has 2 atom stereocenters. The minimum absolute atomic E-state index is 0.0127. The Labute approximate surface area is 129 Å². The molecule has 1 amide bonds. The molecule has 2 unspecified atom stereocenters. The lowest BCUT2D eigenvalue weighted by Gasteiger charge is -2.44. The monoisotopic (exact) mass is 301 g/mol. The van der Waals surface area contributed by atoms with Gasteiger partial charge < -0.3 is 9.64 Å². The van der Waals surface area contributed by atoms with E-state index in [0.29, 0.717) is 6.54 Å². The predicted molar refractivity (Wildman–Crippen MR) is 82.4 cm³/mol. The Morgan fingerprint density at radius 2 is 1.76 bits per heavy atom. The van der Waals surface area contributed by atoms with Gasteiger partial charge in [-0.05, 0) is 23.3 Å². The largest absolute Gasteiger partial charge is 0.497 e. The van der Waals surface area contributed by atoms with E-state index in [2.05, 4.69) is 0 Å². The number of nitrogens with zero attached hydrogens (tertiary/aromatic N) is 1. The van der Waals surface area contributed by atoms with Crippen LogP contribution in [0.5, 0.6) is 5.75 Å². The zero-order chi connectivity index (χ0) is 14.8. The van der Waals surface area contributed by atoms with Gasteiger partial charge in [-0.2, -0.15) is 0 Å². The highest BCUT2D eigenvalue weighted by molar-refractivity contribution is 6.33. The van der Waals surface area contributed by atoms with E-state index >= 15 is 0 Å². The maximum atomic E-state index is 12.0. The number of carbonyl (C=O) groups is 1. The number of methoxy groups -OCH3 is 1. The average molecular weight is 302 g/mol. The first-order valence-corrected chi connectivity index (χ1v) is 7.27. The topological polar surface area (TPSA) is 29.5 Å². The lowest BCUT2D eigenvalue weighted by molar-refractivity contribution is -0.146. The van der Waals surface area contributed by atoms with Crippen molar-refractivity contribution in [3.8, 4) is 5.75 Å². The molecule has 2 aromatic carbocycles. The Hall–Kier alpha value is -2.00. The number of likely N-dealkylation sites (tertiary alicyclic amines) is 1. The van der Waals surface area contributed by atoms with Crippen molar-refractivity contribution in [3.05, 3.63) is 65.7 Å². The molecule has 1 aliphatic heterocycles. The summed E-state index contributed by atoms with van der Waals surface area (Å²) in [5.74, 6) is 0.796. The zero-order valence-corrected chi connectivity index (χ0v) is 12.5. The van der Waals surface area contributed by atoms with Crippen molar-refractivity contribution in [2.24, 2.45) is 0 Å². The SMILES string of the molecule is COc1ccc(CN2C(=O)C(Cl)C2c2ccccc2)cc1. The van der Waals surface area contributed by atoms with Crippen LogP contribution in [0.1, 0.15) is 17.2 Å². The third-order valence-corrected chi connectivity index (χ3v) is 4.21. The number of carbonyl (C=O) groups excluding carboxylic acids is 1. The molecular formula is C17H16ClNO2. The fourth-order valence-electron chi connectivity index (χ4n) is 2.61. The number of β-lactam (4-membered cyclic amide) rings is 1. The summed E-state index contributed by atoms with van der Waals surface area (Å²) < 4.78 is 5.14. The lowest BCUT2D eigenvalue weighted by atomic mass is 9.92. The first-order valence-electron chi connectivity index (χ1n) is 6.83. The van der Waals surface area contributed by atoms with E-state index in [4.69, 9.17) is 16.3 Å². The van der Waals surface area contributed by atoms with Crippen LogP contribution in [0.25, 0.3) is 0 Å². The highest BCUT2D eigenvalue weighted by Crippen LogP contribution is 2.39. The number of amides is 1. The van der Waals surface area contributed by atoms with E-state index in [-0.39, 0.29) is 11.9 Å². The van der Waals surface area contributed by atoms with Crippen molar-refractivity contribution in [1.29, 1.82) is 0 Å². The molecule has 0 spiro atoms. The average Bonchev–Trinajstić information content (AvgIpc) is 2.55. The smallest absolute Gasteiger partial charge is 0.244 e. The van der Waals surface area contributed by atoms with Gasteiger partial charge >= 0.3 is 0 Å². The standard InChI is InChI=1S/C17H16ClNO2/c1-21-14-9-7-12(8-10-14)11-19-16(15(18)17(19)20)13-5-3-2-4-6-13/h2-10,15-16H,11H2,1H3. The van der Waals surface area contributed by atoms with Crippen molar-refractivity contribution < 1.29 is 9.53 Å². The summed E-state index contributed by atoms with van der Waals surface area (Å²) >= 11 is 6.20. The Kier molecular flexibility index (Phi) is 3.84. The Morgan fingerprint density at radius 3 is 2.38 bits per heavy atom. The Balaban J connectivity index is 1.78. The number of alkyl halides is 1. The van der Waals surface area contributed by atoms with Crippen molar-refractivity contribution in [2.45, 2.75) is 18.0 Å². The van der Waals surface area contributed by atoms with Crippen LogP contribution in [0, 0.1) is 0 Å². The molecule has 0 aliphatic carbocycles. The third-order valence-electron chi connectivity index (χ3n) is 3.79. The van der Waals surface area contributed by atoms with Crippen molar-refractivity contribution in [2.75, 3.05) is 7.11 Å². The number of rotatable bonds is 4.